The van der Waals surface area contributed by atoms with Gasteiger partial charge >= 0.3 is 5.97 Å². The fraction of sp³-hybridized carbons (Fsp3) is 0.410. The van der Waals surface area contributed by atoms with E-state index in [2.05, 4.69) is 45.2 Å². The molecule has 2 heterocycles. The summed E-state index contributed by atoms with van der Waals surface area (Å²) in [5.74, 6) is 6.07. The van der Waals surface area contributed by atoms with E-state index in [1.165, 1.54) is 19.2 Å². The Morgan fingerprint density at radius 2 is 1.80 bits per heavy atom. The van der Waals surface area contributed by atoms with Crippen LogP contribution in [0.2, 0.25) is 0 Å². The highest BCUT2D eigenvalue weighted by molar-refractivity contribution is 9.10. The Kier molecular flexibility index (Phi) is 11.0. The number of amides is 2. The fourth-order valence-electron chi connectivity index (χ4n) is 6.83. The molecule has 3 aromatic rings. The van der Waals surface area contributed by atoms with E-state index < -0.39 is 11.6 Å². The van der Waals surface area contributed by atoms with E-state index in [4.69, 9.17) is 9.47 Å². The van der Waals surface area contributed by atoms with Gasteiger partial charge in [0.25, 0.3) is 0 Å². The van der Waals surface area contributed by atoms with E-state index in [1.54, 1.807) is 11.0 Å². The lowest BCUT2D eigenvalue weighted by Gasteiger charge is -2.53. The van der Waals surface area contributed by atoms with Gasteiger partial charge in [-0.25, -0.2) is 4.39 Å². The van der Waals surface area contributed by atoms with E-state index in [0.717, 1.165) is 42.4 Å². The minimum Gasteiger partial charge on any atom is -0.492 e. The quantitative estimate of drug-likeness (QED) is 0.126. The van der Waals surface area contributed by atoms with Crippen LogP contribution in [0, 0.1) is 17.7 Å². The number of piperazine rings is 1. The SMILES string of the molecule is COC(=O)CCCC(=O)N1C[C@@H]2C#CC[C@](c3ccc(CCCOc4cc(F)ccc4Br)cc3)(N2)C1C(=O)N(Cc1ccccc1)C1CC1. The number of hydrogen-bond donors (Lipinski definition) is 1. The molecule has 6 rings (SSSR count). The molecule has 1 saturated heterocycles. The van der Waals surface area contributed by atoms with Gasteiger partial charge in [-0.1, -0.05) is 66.4 Å². The van der Waals surface area contributed by atoms with Crippen LogP contribution in [0.5, 0.6) is 5.75 Å². The first-order chi connectivity index (χ1) is 23.8. The molecule has 2 fully saturated rings. The summed E-state index contributed by atoms with van der Waals surface area (Å²) < 4.78 is 24.9. The molecule has 0 radical (unpaired) electrons. The summed E-state index contributed by atoms with van der Waals surface area (Å²) in [6, 6.07) is 21.5. The van der Waals surface area contributed by atoms with Crippen molar-refractivity contribution < 1.29 is 28.2 Å². The van der Waals surface area contributed by atoms with E-state index in [0.29, 0.717) is 36.2 Å². The highest BCUT2D eigenvalue weighted by Gasteiger charge is 2.56. The molecule has 2 amide bonds. The number of rotatable bonds is 14. The lowest BCUT2D eigenvalue weighted by molar-refractivity contribution is -0.155. The lowest BCUT2D eigenvalue weighted by Crippen LogP contribution is -2.73. The predicted octanol–water partition coefficient (Wildman–Crippen LogP) is 5.91. The molecule has 8 nitrogen and oxygen atoms in total. The van der Waals surface area contributed by atoms with Crippen LogP contribution in [0.1, 0.15) is 61.6 Å². The molecule has 3 aromatic carbocycles. The van der Waals surface area contributed by atoms with Crippen LogP contribution in [0.3, 0.4) is 0 Å². The van der Waals surface area contributed by atoms with Crippen molar-refractivity contribution in [1.29, 1.82) is 0 Å². The van der Waals surface area contributed by atoms with Gasteiger partial charge < -0.3 is 19.3 Å². The van der Waals surface area contributed by atoms with Gasteiger partial charge in [-0.15, -0.1) is 0 Å². The van der Waals surface area contributed by atoms with Crippen LogP contribution in [-0.4, -0.2) is 66.0 Å². The Hall–Kier alpha value is -4.20. The fourth-order valence-corrected chi connectivity index (χ4v) is 7.20. The molecule has 2 bridgehead atoms. The van der Waals surface area contributed by atoms with E-state index in [1.807, 2.05) is 47.4 Å². The van der Waals surface area contributed by atoms with E-state index in [-0.39, 0.29) is 55.1 Å². The van der Waals surface area contributed by atoms with Crippen molar-refractivity contribution in [1.82, 2.24) is 15.1 Å². The Morgan fingerprint density at radius 1 is 1.02 bits per heavy atom. The number of halogens is 2. The molecule has 3 atom stereocenters. The maximum atomic E-state index is 14.9. The van der Waals surface area contributed by atoms with Crippen LogP contribution in [-0.2, 0) is 37.6 Å². The number of ether oxygens (including phenoxy) is 2. The maximum absolute atomic E-state index is 14.9. The summed E-state index contributed by atoms with van der Waals surface area (Å²) in [6.45, 7) is 1.17. The monoisotopic (exact) mass is 729 g/mol. The zero-order chi connectivity index (χ0) is 34.4. The molecule has 256 valence electrons. The van der Waals surface area contributed by atoms with Crippen LogP contribution in [0.15, 0.2) is 77.3 Å². The zero-order valence-corrected chi connectivity index (χ0v) is 29.2. The van der Waals surface area contributed by atoms with Crippen molar-refractivity contribution in [3.8, 4) is 17.6 Å². The van der Waals surface area contributed by atoms with Gasteiger partial charge in [0.05, 0.1) is 29.8 Å². The Balaban J connectivity index is 1.25. The number of methoxy groups -OCH3 is 1. The normalized spacial score (nSPS) is 20.9. The van der Waals surface area contributed by atoms with Crippen molar-refractivity contribution in [3.63, 3.8) is 0 Å². The van der Waals surface area contributed by atoms with Crippen LogP contribution >= 0.6 is 15.9 Å². The standard InChI is InChI=1S/C39H41BrFN3O5/c1-48-36(46)13-5-12-35(45)44-26-31-11-6-22-39(42-31,37(44)38(47)43(32-19-20-32)25-28-8-3-2-4-9-28)29-16-14-27(15-17-29)10-7-23-49-34-24-30(41)18-21-33(34)40/h2-4,8-9,14-18,21,24,31-32,37,42H,5,7,10,12-13,19-20,22-23,25-26H2,1H3/t31-,37?,39+/m0/s1. The van der Waals surface area contributed by atoms with Gasteiger partial charge in [0.2, 0.25) is 11.8 Å². The number of nitrogens with one attached hydrogen (secondary N) is 1. The second-order valence-electron chi connectivity index (χ2n) is 13.0. The first kappa shape index (κ1) is 34.7. The van der Waals surface area contributed by atoms with Gasteiger partial charge in [0.15, 0.2) is 0 Å². The Bertz CT molecular complexity index is 1720. The Morgan fingerprint density at radius 3 is 2.53 bits per heavy atom. The molecule has 1 aliphatic carbocycles. The van der Waals surface area contributed by atoms with Gasteiger partial charge in [-0.3, -0.25) is 19.7 Å². The number of fused-ring (bicyclic) bond motifs is 2. The second kappa shape index (κ2) is 15.6. The third kappa shape index (κ3) is 8.17. The molecule has 2 aliphatic heterocycles. The zero-order valence-electron chi connectivity index (χ0n) is 27.6. The number of esters is 1. The first-order valence-corrected chi connectivity index (χ1v) is 17.7. The van der Waals surface area contributed by atoms with Crippen LogP contribution < -0.4 is 10.1 Å². The number of aryl methyl sites for hydroxylation is 1. The highest BCUT2D eigenvalue weighted by atomic mass is 79.9. The molecule has 1 unspecified atom stereocenters. The number of carbonyl (C=O) groups is 3. The average molecular weight is 731 g/mol. The topological polar surface area (TPSA) is 88.2 Å². The summed E-state index contributed by atoms with van der Waals surface area (Å²) in [7, 11) is 1.34. The van der Waals surface area contributed by atoms with Gasteiger partial charge in [-0.05, 0) is 76.9 Å². The van der Waals surface area contributed by atoms with Gasteiger partial charge in [0.1, 0.15) is 17.6 Å². The lowest BCUT2D eigenvalue weighted by atomic mass is 9.73. The molecule has 10 heteroatoms. The summed E-state index contributed by atoms with van der Waals surface area (Å²) in [4.78, 5) is 44.4. The van der Waals surface area contributed by atoms with Crippen molar-refractivity contribution in [2.45, 2.75) is 81.6 Å². The van der Waals surface area contributed by atoms with E-state index >= 15 is 0 Å². The molecule has 3 aliphatic rings. The van der Waals surface area contributed by atoms with Crippen LogP contribution in [0.4, 0.5) is 4.39 Å². The molecular formula is C39H41BrFN3O5. The molecule has 49 heavy (non-hydrogen) atoms. The minimum absolute atomic E-state index is 0.0907. The molecule has 1 saturated carbocycles. The highest BCUT2D eigenvalue weighted by Crippen LogP contribution is 2.41. The van der Waals surface area contributed by atoms with E-state index in [9.17, 15) is 18.8 Å². The van der Waals surface area contributed by atoms with Crippen molar-refractivity contribution >= 4 is 33.7 Å². The summed E-state index contributed by atoms with van der Waals surface area (Å²) in [6.07, 6.45) is 4.29. The Labute approximate surface area is 295 Å². The minimum atomic E-state index is -0.918. The van der Waals surface area contributed by atoms with Crippen molar-refractivity contribution in [2.24, 2.45) is 0 Å². The van der Waals surface area contributed by atoms with Gasteiger partial charge in [-0.2, -0.15) is 0 Å². The smallest absolute Gasteiger partial charge is 0.305 e. The maximum Gasteiger partial charge on any atom is 0.305 e. The summed E-state index contributed by atoms with van der Waals surface area (Å²) in [5, 5.41) is 3.72. The first-order valence-electron chi connectivity index (χ1n) is 16.9. The molecule has 1 N–H and O–H groups in total. The third-order valence-electron chi connectivity index (χ3n) is 9.48. The second-order valence-corrected chi connectivity index (χ2v) is 13.8. The van der Waals surface area contributed by atoms with Crippen molar-refractivity contribution in [2.75, 3.05) is 20.3 Å². The third-order valence-corrected chi connectivity index (χ3v) is 10.1. The van der Waals surface area contributed by atoms with Crippen LogP contribution in [0.25, 0.3) is 0 Å². The average Bonchev–Trinajstić information content (AvgIpc) is 3.96. The molecule has 0 aromatic heterocycles. The summed E-state index contributed by atoms with van der Waals surface area (Å²) in [5.41, 5.74) is 2.11. The number of benzene rings is 3. The number of carbonyl (C=O) groups excluding carboxylic acids is 3. The predicted molar refractivity (Wildman–Crippen MR) is 187 cm³/mol. The number of nitrogens with zero attached hydrogens (tertiary/aromatic N) is 2. The molecular weight excluding hydrogens is 689 g/mol. The number of hydrogen-bond acceptors (Lipinski definition) is 6. The van der Waals surface area contributed by atoms with Gasteiger partial charge in [0, 0.05) is 44.5 Å². The summed E-state index contributed by atoms with van der Waals surface area (Å²) >= 11 is 3.40. The van der Waals surface area contributed by atoms with Crippen molar-refractivity contribution in [3.05, 3.63) is 99.8 Å². The largest absolute Gasteiger partial charge is 0.492 e. The molecule has 0 spiro atoms.